The van der Waals surface area contributed by atoms with Crippen LogP contribution in [0.4, 0.5) is 0 Å². The molecule has 0 unspecified atom stereocenters. The molecular weight excluding hydrogens is 331 g/mol. The van der Waals surface area contributed by atoms with Crippen LogP contribution >= 0.6 is 0 Å². The second-order valence-corrected chi connectivity index (χ2v) is 17.2. The van der Waals surface area contributed by atoms with Crippen molar-refractivity contribution in [2.24, 2.45) is 0 Å². The van der Waals surface area contributed by atoms with Crippen molar-refractivity contribution in [1.29, 1.82) is 0 Å². The Hall–Kier alpha value is -1.81. The zero-order valence-electron chi connectivity index (χ0n) is 13.6. The summed E-state index contributed by atoms with van der Waals surface area (Å²) < 4.78 is 7.28. The van der Waals surface area contributed by atoms with E-state index in [1.807, 2.05) is 31.2 Å². The van der Waals surface area contributed by atoms with E-state index in [-0.39, 0.29) is 0 Å². The monoisotopic (exact) mass is 353 g/mol. The van der Waals surface area contributed by atoms with E-state index in [0.717, 1.165) is 22.8 Å². The summed E-state index contributed by atoms with van der Waals surface area (Å²) in [6.07, 6.45) is 2.06. The SMILES string of the molecule is Cc1ccc(-c2cc(-c3ccccc3)nc[c]2[Ge]([CH3])([CH3])[CH3])o1. The Labute approximate surface area is 134 Å². The number of furan rings is 1. The van der Waals surface area contributed by atoms with Gasteiger partial charge in [0.2, 0.25) is 0 Å². The van der Waals surface area contributed by atoms with E-state index in [1.165, 1.54) is 9.96 Å². The van der Waals surface area contributed by atoms with Crippen molar-refractivity contribution in [3.05, 3.63) is 60.5 Å². The molecule has 2 nitrogen and oxygen atoms in total. The molecule has 22 heavy (non-hydrogen) atoms. The molecule has 3 heteroatoms. The molecule has 0 aliphatic carbocycles. The fourth-order valence-electron chi connectivity index (χ4n) is 2.60. The second-order valence-electron chi connectivity index (χ2n) is 6.64. The number of benzene rings is 1. The van der Waals surface area contributed by atoms with Crippen molar-refractivity contribution in [3.8, 4) is 22.6 Å². The van der Waals surface area contributed by atoms with Crippen LogP contribution in [0.1, 0.15) is 5.76 Å². The molecule has 0 spiro atoms. The molecule has 112 valence electrons. The second kappa shape index (κ2) is 5.77. The van der Waals surface area contributed by atoms with E-state index in [4.69, 9.17) is 9.40 Å². The van der Waals surface area contributed by atoms with Gasteiger partial charge in [0.1, 0.15) is 0 Å². The van der Waals surface area contributed by atoms with Gasteiger partial charge < -0.3 is 0 Å². The Balaban J connectivity index is 2.19. The minimum atomic E-state index is -2.03. The molecule has 0 N–H and O–H groups in total. The maximum absolute atomic E-state index is 5.90. The normalized spacial score (nSPS) is 11.6. The van der Waals surface area contributed by atoms with E-state index in [0.29, 0.717) is 0 Å². The average molecular weight is 352 g/mol. The number of rotatable bonds is 3. The third-order valence-corrected chi connectivity index (χ3v) is 8.01. The van der Waals surface area contributed by atoms with Gasteiger partial charge in [-0.3, -0.25) is 0 Å². The van der Waals surface area contributed by atoms with Crippen molar-refractivity contribution < 1.29 is 4.42 Å². The molecule has 0 bridgehead atoms. The number of nitrogens with zero attached hydrogens (tertiary/aromatic N) is 1. The van der Waals surface area contributed by atoms with Gasteiger partial charge in [0.25, 0.3) is 0 Å². The molecule has 1 aromatic carbocycles. The van der Waals surface area contributed by atoms with Crippen LogP contribution in [0.5, 0.6) is 0 Å². The molecule has 0 aliphatic rings. The van der Waals surface area contributed by atoms with Crippen LogP contribution < -0.4 is 4.40 Å². The summed E-state index contributed by atoms with van der Waals surface area (Å²) >= 11 is -2.03. The van der Waals surface area contributed by atoms with Crippen molar-refractivity contribution in [2.45, 2.75) is 24.2 Å². The summed E-state index contributed by atoms with van der Waals surface area (Å²) in [6.45, 7) is 1.99. The summed E-state index contributed by atoms with van der Waals surface area (Å²) in [6, 6.07) is 16.6. The van der Waals surface area contributed by atoms with Gasteiger partial charge in [0.15, 0.2) is 0 Å². The molecule has 0 aliphatic heterocycles. The molecule has 2 aromatic heterocycles. The topological polar surface area (TPSA) is 26.0 Å². The summed E-state index contributed by atoms with van der Waals surface area (Å²) in [7, 11) is 0. The van der Waals surface area contributed by atoms with Gasteiger partial charge in [-0.1, -0.05) is 0 Å². The first-order valence-corrected chi connectivity index (χ1v) is 14.9. The zero-order chi connectivity index (χ0) is 15.7. The molecule has 3 rings (SSSR count). The number of pyridine rings is 1. The first-order chi connectivity index (χ1) is 10.4. The van der Waals surface area contributed by atoms with Gasteiger partial charge in [-0.15, -0.1) is 0 Å². The van der Waals surface area contributed by atoms with Gasteiger partial charge in [0.05, 0.1) is 0 Å². The van der Waals surface area contributed by atoms with Crippen LogP contribution in [-0.2, 0) is 0 Å². The third kappa shape index (κ3) is 3.02. The number of hydrogen-bond acceptors (Lipinski definition) is 2. The summed E-state index contributed by atoms with van der Waals surface area (Å²) in [5.74, 6) is 9.06. The quantitative estimate of drug-likeness (QED) is 0.629. The van der Waals surface area contributed by atoms with Crippen molar-refractivity contribution in [1.82, 2.24) is 4.98 Å². The van der Waals surface area contributed by atoms with Crippen molar-refractivity contribution >= 4 is 17.7 Å². The zero-order valence-corrected chi connectivity index (χ0v) is 15.6. The maximum atomic E-state index is 5.90. The van der Waals surface area contributed by atoms with Crippen molar-refractivity contribution in [3.63, 3.8) is 0 Å². The Morgan fingerprint density at radius 3 is 2.27 bits per heavy atom. The molecule has 0 radical (unpaired) electrons. The van der Waals surface area contributed by atoms with Crippen molar-refractivity contribution in [2.75, 3.05) is 0 Å². The Morgan fingerprint density at radius 2 is 1.68 bits per heavy atom. The number of aryl methyl sites for hydroxylation is 1. The third-order valence-electron chi connectivity index (χ3n) is 3.79. The van der Waals surface area contributed by atoms with Gasteiger partial charge in [0, 0.05) is 0 Å². The van der Waals surface area contributed by atoms with Crippen LogP contribution in [0.2, 0.25) is 17.3 Å². The summed E-state index contributed by atoms with van der Waals surface area (Å²) in [4.78, 5) is 4.71. The molecule has 0 fully saturated rings. The number of aromatic nitrogens is 1. The average Bonchev–Trinajstić information content (AvgIpc) is 2.93. The van der Waals surface area contributed by atoms with E-state index >= 15 is 0 Å². The Morgan fingerprint density at radius 1 is 0.955 bits per heavy atom. The van der Waals surface area contributed by atoms with Gasteiger partial charge in [-0.05, 0) is 0 Å². The Kier molecular flexibility index (Phi) is 3.96. The fourth-order valence-corrected chi connectivity index (χ4v) is 5.66. The van der Waals surface area contributed by atoms with Crippen LogP contribution in [-0.4, -0.2) is 18.3 Å². The molecule has 3 aromatic rings. The van der Waals surface area contributed by atoms with Crippen LogP contribution in [0, 0.1) is 6.92 Å². The van der Waals surface area contributed by atoms with E-state index < -0.39 is 13.3 Å². The molecule has 0 saturated heterocycles. The fraction of sp³-hybridized carbons (Fsp3) is 0.211. The van der Waals surface area contributed by atoms with Gasteiger partial charge >= 0.3 is 134 Å². The predicted molar refractivity (Wildman–Crippen MR) is 95.1 cm³/mol. The van der Waals surface area contributed by atoms with Crippen LogP contribution in [0.15, 0.2) is 59.1 Å². The van der Waals surface area contributed by atoms with Gasteiger partial charge in [-0.25, -0.2) is 0 Å². The van der Waals surface area contributed by atoms with E-state index in [9.17, 15) is 0 Å². The predicted octanol–water partition coefficient (Wildman–Crippen LogP) is 4.86. The number of hydrogen-bond donors (Lipinski definition) is 0. The first-order valence-electron chi connectivity index (χ1n) is 7.58. The molecule has 0 saturated carbocycles. The van der Waals surface area contributed by atoms with Crippen LogP contribution in [0.25, 0.3) is 22.6 Å². The summed E-state index contributed by atoms with van der Waals surface area (Å²) in [5.41, 5.74) is 3.34. The van der Waals surface area contributed by atoms with E-state index in [1.54, 1.807) is 0 Å². The molecule has 0 atom stereocenters. The molecule has 0 amide bonds. The molecule has 2 heterocycles. The van der Waals surface area contributed by atoms with E-state index in [2.05, 4.69) is 47.7 Å². The standard InChI is InChI=1S/C19H21GeNO/c1-14-10-11-19(22-14)16-12-18(15-8-6-5-7-9-15)21-13-17(16)20(2,3)4/h5-13H,1-4H3. The minimum absolute atomic E-state index is 0.945. The Bertz CT molecular complexity index is 785. The van der Waals surface area contributed by atoms with Gasteiger partial charge in [-0.2, -0.15) is 0 Å². The van der Waals surface area contributed by atoms with Crippen LogP contribution in [0.3, 0.4) is 0 Å². The molecular formula is C19H21GeNO. The first kappa shape index (κ1) is 15.1. The summed E-state index contributed by atoms with van der Waals surface area (Å²) in [5, 5.41) is 0.